The molecule has 1 unspecified atom stereocenters. The first kappa shape index (κ1) is 21.0. The van der Waals surface area contributed by atoms with Crippen LogP contribution in [0.4, 0.5) is 8.78 Å². The lowest BCUT2D eigenvalue weighted by molar-refractivity contribution is 0.0642. The van der Waals surface area contributed by atoms with Crippen LogP contribution in [0.25, 0.3) is 0 Å². The van der Waals surface area contributed by atoms with Crippen LogP contribution >= 0.6 is 0 Å². The van der Waals surface area contributed by atoms with Crippen molar-refractivity contribution in [3.63, 3.8) is 0 Å². The molecule has 9 heteroatoms. The Hall–Kier alpha value is -3.23. The fourth-order valence-corrected chi connectivity index (χ4v) is 4.43. The molecule has 0 bridgehead atoms. The smallest absolute Gasteiger partial charge is 0.274 e. The molecule has 3 heterocycles. The Morgan fingerprint density at radius 1 is 1.29 bits per heavy atom. The van der Waals surface area contributed by atoms with Gasteiger partial charge in [0, 0.05) is 37.0 Å². The van der Waals surface area contributed by atoms with E-state index >= 15 is 0 Å². The summed E-state index contributed by atoms with van der Waals surface area (Å²) in [6, 6.07) is 2.86. The second-order valence-electron chi connectivity index (χ2n) is 8.43. The molecule has 2 N–H and O–H groups in total. The van der Waals surface area contributed by atoms with Gasteiger partial charge in [-0.1, -0.05) is 19.9 Å². The second-order valence-corrected chi connectivity index (χ2v) is 8.43. The summed E-state index contributed by atoms with van der Waals surface area (Å²) in [7, 11) is 0. The van der Waals surface area contributed by atoms with E-state index in [2.05, 4.69) is 5.32 Å². The van der Waals surface area contributed by atoms with Gasteiger partial charge in [0.25, 0.3) is 11.8 Å². The fraction of sp³-hybridized carbons (Fsp3) is 0.409. The molecule has 4 rings (SSSR count). The number of hydrogen-bond donors (Lipinski definition) is 2. The number of amides is 2. The van der Waals surface area contributed by atoms with E-state index in [0.717, 1.165) is 6.07 Å². The molecule has 1 aromatic heterocycles. The first-order valence-corrected chi connectivity index (χ1v) is 10.2. The van der Waals surface area contributed by atoms with Gasteiger partial charge in [-0.05, 0) is 24.8 Å². The van der Waals surface area contributed by atoms with E-state index < -0.39 is 34.6 Å². The van der Waals surface area contributed by atoms with E-state index in [1.165, 1.54) is 6.07 Å². The minimum atomic E-state index is -0.918. The highest BCUT2D eigenvalue weighted by Gasteiger charge is 2.41. The molecule has 1 atom stereocenters. The molecule has 2 aromatic rings. The van der Waals surface area contributed by atoms with Crippen molar-refractivity contribution in [3.8, 4) is 5.75 Å². The van der Waals surface area contributed by atoms with E-state index in [9.17, 15) is 28.3 Å². The van der Waals surface area contributed by atoms with Crippen molar-refractivity contribution in [3.05, 3.63) is 62.6 Å². The van der Waals surface area contributed by atoms with Gasteiger partial charge in [0.15, 0.2) is 11.4 Å². The fourth-order valence-electron chi connectivity index (χ4n) is 4.43. The standard InChI is InChI=1S/C22H23F2N3O4/c1-11(2)9-26-10-14-5-6-16-17(19(28)20(29)18(22(26)31)27(14)16)21(30)25-8-12-3-4-13(23)7-15(12)24/h3-4,7,11,14,29H,5-6,8-10H2,1-2H3,(H,25,30). The molecule has 2 aliphatic rings. The van der Waals surface area contributed by atoms with Gasteiger partial charge in [0.2, 0.25) is 5.43 Å². The third-order valence-electron chi connectivity index (χ3n) is 5.75. The third kappa shape index (κ3) is 3.58. The maximum absolute atomic E-state index is 13.9. The van der Waals surface area contributed by atoms with Crippen molar-refractivity contribution in [2.75, 3.05) is 13.1 Å². The highest BCUT2D eigenvalue weighted by Crippen LogP contribution is 2.37. The molecule has 2 amide bonds. The average molecular weight is 431 g/mol. The Labute approximate surface area is 177 Å². The number of nitrogens with one attached hydrogen (secondary N) is 1. The Balaban J connectivity index is 1.68. The molecule has 0 spiro atoms. The summed E-state index contributed by atoms with van der Waals surface area (Å²) in [5, 5.41) is 13.0. The lowest BCUT2D eigenvalue weighted by Gasteiger charge is -2.35. The molecule has 1 aromatic carbocycles. The largest absolute Gasteiger partial charge is 0.503 e. The summed E-state index contributed by atoms with van der Waals surface area (Å²) < 4.78 is 28.5. The van der Waals surface area contributed by atoms with Crippen molar-refractivity contribution in [1.29, 1.82) is 0 Å². The average Bonchev–Trinajstić information content (AvgIpc) is 3.10. The monoisotopic (exact) mass is 431 g/mol. The molecule has 0 radical (unpaired) electrons. The lowest BCUT2D eigenvalue weighted by Crippen LogP contribution is -2.45. The number of benzene rings is 1. The van der Waals surface area contributed by atoms with Gasteiger partial charge >= 0.3 is 0 Å². The number of pyridine rings is 1. The van der Waals surface area contributed by atoms with Crippen molar-refractivity contribution >= 4 is 11.8 Å². The van der Waals surface area contributed by atoms with Gasteiger partial charge in [-0.2, -0.15) is 0 Å². The van der Waals surface area contributed by atoms with E-state index in [1.807, 2.05) is 13.8 Å². The van der Waals surface area contributed by atoms with Crippen LogP contribution in [0.5, 0.6) is 5.75 Å². The van der Waals surface area contributed by atoms with E-state index in [4.69, 9.17) is 0 Å². The molecule has 7 nitrogen and oxygen atoms in total. The van der Waals surface area contributed by atoms with Crippen LogP contribution < -0.4 is 10.7 Å². The van der Waals surface area contributed by atoms with Gasteiger partial charge < -0.3 is 19.9 Å². The summed E-state index contributed by atoms with van der Waals surface area (Å²) in [4.78, 5) is 40.3. The Morgan fingerprint density at radius 2 is 2.03 bits per heavy atom. The number of carbonyl (C=O) groups is 2. The number of hydrogen-bond acceptors (Lipinski definition) is 4. The van der Waals surface area contributed by atoms with Crippen LogP contribution in [0, 0.1) is 17.6 Å². The van der Waals surface area contributed by atoms with Crippen LogP contribution in [0.15, 0.2) is 23.0 Å². The van der Waals surface area contributed by atoms with Crippen LogP contribution in [0.2, 0.25) is 0 Å². The zero-order chi connectivity index (χ0) is 22.4. The van der Waals surface area contributed by atoms with Crippen LogP contribution in [-0.2, 0) is 13.0 Å². The molecular formula is C22H23F2N3O4. The number of rotatable bonds is 5. The summed E-state index contributed by atoms with van der Waals surface area (Å²) >= 11 is 0. The highest BCUT2D eigenvalue weighted by molar-refractivity contribution is 6.00. The van der Waals surface area contributed by atoms with E-state index in [-0.39, 0.29) is 35.3 Å². The Kier molecular flexibility index (Phi) is 5.28. The number of aromatic hydroxyl groups is 1. The minimum Gasteiger partial charge on any atom is -0.503 e. The van der Waals surface area contributed by atoms with Crippen molar-refractivity contribution in [2.24, 2.45) is 5.92 Å². The predicted molar refractivity (Wildman–Crippen MR) is 108 cm³/mol. The number of carbonyl (C=O) groups excluding carboxylic acids is 2. The quantitative estimate of drug-likeness (QED) is 0.760. The second kappa shape index (κ2) is 7.79. The van der Waals surface area contributed by atoms with Crippen molar-refractivity contribution in [2.45, 2.75) is 39.3 Å². The summed E-state index contributed by atoms with van der Waals surface area (Å²) in [6.45, 7) is 4.65. The minimum absolute atomic E-state index is 0.0610. The molecular weight excluding hydrogens is 408 g/mol. The van der Waals surface area contributed by atoms with Gasteiger partial charge in [0.1, 0.15) is 17.2 Å². The maximum atomic E-state index is 13.9. The molecule has 0 aliphatic carbocycles. The topological polar surface area (TPSA) is 91.6 Å². The predicted octanol–water partition coefficient (Wildman–Crippen LogP) is 2.36. The van der Waals surface area contributed by atoms with Crippen molar-refractivity contribution < 1.29 is 23.5 Å². The molecule has 0 saturated carbocycles. The van der Waals surface area contributed by atoms with Gasteiger partial charge in [-0.3, -0.25) is 14.4 Å². The zero-order valence-electron chi connectivity index (χ0n) is 17.2. The van der Waals surface area contributed by atoms with Crippen LogP contribution in [-0.4, -0.2) is 39.5 Å². The first-order valence-electron chi connectivity index (χ1n) is 10.2. The SMILES string of the molecule is CC(C)CN1CC2CCc3c(C(=O)NCc4ccc(F)cc4F)c(=O)c(O)c(n32)C1=O. The van der Waals surface area contributed by atoms with Gasteiger partial charge in [-0.15, -0.1) is 0 Å². The normalized spacial score (nSPS) is 17.3. The van der Waals surface area contributed by atoms with E-state index in [0.29, 0.717) is 37.7 Å². The number of nitrogens with zero attached hydrogens (tertiary/aromatic N) is 2. The summed E-state index contributed by atoms with van der Waals surface area (Å²) in [6.07, 6.45) is 1.04. The third-order valence-corrected chi connectivity index (χ3v) is 5.75. The highest BCUT2D eigenvalue weighted by atomic mass is 19.1. The van der Waals surface area contributed by atoms with Gasteiger partial charge in [0.05, 0.1) is 6.04 Å². The first-order chi connectivity index (χ1) is 14.7. The number of aromatic nitrogens is 1. The van der Waals surface area contributed by atoms with E-state index in [1.54, 1.807) is 9.47 Å². The molecule has 0 saturated heterocycles. The number of halogens is 2. The Morgan fingerprint density at radius 3 is 2.71 bits per heavy atom. The molecule has 31 heavy (non-hydrogen) atoms. The van der Waals surface area contributed by atoms with Gasteiger partial charge in [-0.25, -0.2) is 8.78 Å². The zero-order valence-corrected chi connectivity index (χ0v) is 17.2. The summed E-state index contributed by atoms with van der Waals surface area (Å²) in [5.41, 5.74) is -0.770. The Bertz CT molecular complexity index is 1140. The summed E-state index contributed by atoms with van der Waals surface area (Å²) in [5.74, 6) is -3.27. The maximum Gasteiger partial charge on any atom is 0.274 e. The lowest BCUT2D eigenvalue weighted by atomic mass is 10.1. The molecule has 2 aliphatic heterocycles. The van der Waals surface area contributed by atoms with Crippen molar-refractivity contribution in [1.82, 2.24) is 14.8 Å². The molecule has 164 valence electrons. The molecule has 0 fully saturated rings. The van der Waals surface area contributed by atoms with Crippen LogP contribution in [0.1, 0.15) is 58.4 Å². The van der Waals surface area contributed by atoms with Crippen LogP contribution in [0.3, 0.4) is 0 Å².